The molecule has 128 valence electrons. The standard InChI is InChI=1S/C18H27NO3S/c1-14(19-12-18(13-20)10-11-18)15-6-8-17(9-7-15)23(21,22)16-4-2-3-5-16/h6-9,14,16,19-20H,2-5,10-13H2,1H3. The van der Waals surface area contributed by atoms with Crippen LogP contribution in [0.1, 0.15) is 57.1 Å². The van der Waals surface area contributed by atoms with Gasteiger partial charge in [0, 0.05) is 24.6 Å². The van der Waals surface area contributed by atoms with Crippen molar-refractivity contribution in [1.82, 2.24) is 5.32 Å². The number of nitrogens with one attached hydrogen (secondary N) is 1. The van der Waals surface area contributed by atoms with Crippen LogP contribution in [-0.2, 0) is 9.84 Å². The number of rotatable bonds is 7. The summed E-state index contributed by atoms with van der Waals surface area (Å²) in [5, 5.41) is 12.6. The molecule has 3 rings (SSSR count). The SMILES string of the molecule is CC(NCC1(CO)CC1)c1ccc(S(=O)(=O)C2CCCC2)cc1. The third-order valence-electron chi connectivity index (χ3n) is 5.53. The molecular formula is C18H27NO3S. The highest BCUT2D eigenvalue weighted by Crippen LogP contribution is 2.44. The zero-order valence-corrected chi connectivity index (χ0v) is 14.6. The zero-order valence-electron chi connectivity index (χ0n) is 13.8. The molecule has 2 aliphatic carbocycles. The van der Waals surface area contributed by atoms with Gasteiger partial charge in [-0.1, -0.05) is 25.0 Å². The molecule has 23 heavy (non-hydrogen) atoms. The van der Waals surface area contributed by atoms with Crippen molar-refractivity contribution in [3.63, 3.8) is 0 Å². The van der Waals surface area contributed by atoms with Gasteiger partial charge in [-0.15, -0.1) is 0 Å². The molecule has 2 aliphatic rings. The van der Waals surface area contributed by atoms with Crippen molar-refractivity contribution >= 4 is 9.84 Å². The lowest BCUT2D eigenvalue weighted by Crippen LogP contribution is -2.28. The largest absolute Gasteiger partial charge is 0.396 e. The van der Waals surface area contributed by atoms with E-state index in [2.05, 4.69) is 12.2 Å². The van der Waals surface area contributed by atoms with E-state index in [1.807, 2.05) is 12.1 Å². The highest BCUT2D eigenvalue weighted by Gasteiger charge is 2.41. The first-order valence-corrected chi connectivity index (χ1v) is 10.2. The summed E-state index contributed by atoms with van der Waals surface area (Å²) in [6, 6.07) is 7.48. The third-order valence-corrected chi connectivity index (χ3v) is 7.80. The van der Waals surface area contributed by atoms with E-state index in [1.165, 1.54) is 0 Å². The molecule has 4 nitrogen and oxygen atoms in total. The van der Waals surface area contributed by atoms with E-state index >= 15 is 0 Å². The Bertz CT molecular complexity index is 629. The fourth-order valence-corrected chi connectivity index (χ4v) is 5.25. The molecule has 0 bridgehead atoms. The van der Waals surface area contributed by atoms with Gasteiger partial charge in [-0.05, 0) is 50.3 Å². The molecule has 5 heteroatoms. The Hall–Kier alpha value is -0.910. The molecule has 2 saturated carbocycles. The van der Waals surface area contributed by atoms with Crippen molar-refractivity contribution < 1.29 is 13.5 Å². The quantitative estimate of drug-likeness (QED) is 0.803. The lowest BCUT2D eigenvalue weighted by atomic mass is 10.1. The van der Waals surface area contributed by atoms with Crippen LogP contribution in [0.5, 0.6) is 0 Å². The van der Waals surface area contributed by atoms with Crippen molar-refractivity contribution in [1.29, 1.82) is 0 Å². The topological polar surface area (TPSA) is 66.4 Å². The second-order valence-corrected chi connectivity index (χ2v) is 9.51. The molecule has 0 spiro atoms. The van der Waals surface area contributed by atoms with E-state index in [-0.39, 0.29) is 23.3 Å². The van der Waals surface area contributed by atoms with E-state index in [0.29, 0.717) is 4.90 Å². The first kappa shape index (κ1) is 16.9. The van der Waals surface area contributed by atoms with Crippen LogP contribution in [0.15, 0.2) is 29.2 Å². The van der Waals surface area contributed by atoms with Crippen molar-refractivity contribution in [2.75, 3.05) is 13.2 Å². The van der Waals surface area contributed by atoms with Gasteiger partial charge in [0.15, 0.2) is 9.84 Å². The van der Waals surface area contributed by atoms with Crippen LogP contribution in [0, 0.1) is 5.41 Å². The summed E-state index contributed by atoms with van der Waals surface area (Å²) in [7, 11) is -3.16. The number of aliphatic hydroxyl groups is 1. The van der Waals surface area contributed by atoms with Crippen molar-refractivity contribution in [3.8, 4) is 0 Å². The smallest absolute Gasteiger partial charge is 0.181 e. The molecule has 1 aromatic rings. The highest BCUT2D eigenvalue weighted by molar-refractivity contribution is 7.92. The summed E-state index contributed by atoms with van der Waals surface area (Å²) in [4.78, 5) is 0.453. The van der Waals surface area contributed by atoms with Crippen molar-refractivity contribution in [2.45, 2.75) is 61.6 Å². The van der Waals surface area contributed by atoms with Crippen LogP contribution in [0.4, 0.5) is 0 Å². The minimum atomic E-state index is -3.16. The van der Waals surface area contributed by atoms with E-state index in [4.69, 9.17) is 0 Å². The molecular weight excluding hydrogens is 310 g/mol. The maximum absolute atomic E-state index is 12.6. The molecule has 1 atom stereocenters. The Labute approximate surface area is 139 Å². The Morgan fingerprint density at radius 1 is 1.22 bits per heavy atom. The Balaban J connectivity index is 1.64. The van der Waals surface area contributed by atoms with Crippen LogP contribution in [0.3, 0.4) is 0 Å². The normalized spacial score (nSPS) is 22.2. The van der Waals surface area contributed by atoms with Gasteiger partial charge < -0.3 is 10.4 Å². The number of hydrogen-bond acceptors (Lipinski definition) is 4. The summed E-state index contributed by atoms with van der Waals surface area (Å²) in [5.74, 6) is 0. The van der Waals surface area contributed by atoms with Gasteiger partial charge in [-0.25, -0.2) is 8.42 Å². The number of sulfone groups is 1. The van der Waals surface area contributed by atoms with Gasteiger partial charge in [0.1, 0.15) is 0 Å². The molecule has 2 fully saturated rings. The molecule has 0 heterocycles. The van der Waals surface area contributed by atoms with E-state index in [9.17, 15) is 13.5 Å². The second kappa shape index (κ2) is 6.54. The summed E-state index contributed by atoms with van der Waals surface area (Å²) in [5.41, 5.74) is 1.17. The summed E-state index contributed by atoms with van der Waals surface area (Å²) < 4.78 is 25.2. The number of benzene rings is 1. The van der Waals surface area contributed by atoms with Gasteiger partial charge in [0.05, 0.1) is 10.1 Å². The van der Waals surface area contributed by atoms with E-state index in [0.717, 1.165) is 50.6 Å². The van der Waals surface area contributed by atoms with E-state index < -0.39 is 9.84 Å². The van der Waals surface area contributed by atoms with Crippen molar-refractivity contribution in [3.05, 3.63) is 29.8 Å². The molecule has 0 aromatic heterocycles. The van der Waals surface area contributed by atoms with Crippen LogP contribution in [-0.4, -0.2) is 31.9 Å². The molecule has 0 radical (unpaired) electrons. The van der Waals surface area contributed by atoms with Crippen molar-refractivity contribution in [2.24, 2.45) is 5.41 Å². The molecule has 1 unspecified atom stereocenters. The fourth-order valence-electron chi connectivity index (χ4n) is 3.39. The predicted molar refractivity (Wildman–Crippen MR) is 91.1 cm³/mol. The predicted octanol–water partition coefficient (Wildman–Crippen LogP) is 2.83. The second-order valence-electron chi connectivity index (χ2n) is 7.28. The minimum Gasteiger partial charge on any atom is -0.396 e. The highest BCUT2D eigenvalue weighted by atomic mass is 32.2. The van der Waals surface area contributed by atoms with Crippen LogP contribution in [0.2, 0.25) is 0 Å². The minimum absolute atomic E-state index is 0.0833. The Morgan fingerprint density at radius 3 is 2.35 bits per heavy atom. The summed E-state index contributed by atoms with van der Waals surface area (Å²) >= 11 is 0. The summed E-state index contributed by atoms with van der Waals surface area (Å²) in [6.07, 6.45) is 5.81. The van der Waals surface area contributed by atoms with Gasteiger partial charge in [-0.3, -0.25) is 0 Å². The zero-order chi connectivity index (χ0) is 16.5. The summed E-state index contributed by atoms with van der Waals surface area (Å²) in [6.45, 7) is 3.13. The first-order chi connectivity index (χ1) is 11.0. The van der Waals surface area contributed by atoms with Gasteiger partial charge in [0.25, 0.3) is 0 Å². The van der Waals surface area contributed by atoms with Crippen LogP contribution < -0.4 is 5.32 Å². The van der Waals surface area contributed by atoms with Gasteiger partial charge in [0.2, 0.25) is 0 Å². The number of hydrogen-bond donors (Lipinski definition) is 2. The third kappa shape index (κ3) is 3.62. The molecule has 2 N–H and O–H groups in total. The van der Waals surface area contributed by atoms with Gasteiger partial charge in [-0.2, -0.15) is 0 Å². The number of aliphatic hydroxyl groups excluding tert-OH is 1. The molecule has 0 saturated heterocycles. The molecule has 0 amide bonds. The van der Waals surface area contributed by atoms with Gasteiger partial charge >= 0.3 is 0 Å². The lowest BCUT2D eigenvalue weighted by Gasteiger charge is -2.19. The van der Waals surface area contributed by atoms with E-state index in [1.54, 1.807) is 12.1 Å². The first-order valence-electron chi connectivity index (χ1n) is 8.65. The molecule has 0 aliphatic heterocycles. The average Bonchev–Trinajstić information content (AvgIpc) is 3.13. The maximum Gasteiger partial charge on any atom is 0.181 e. The fraction of sp³-hybridized carbons (Fsp3) is 0.667. The Kier molecular flexibility index (Phi) is 4.81. The Morgan fingerprint density at radius 2 is 1.83 bits per heavy atom. The monoisotopic (exact) mass is 337 g/mol. The lowest BCUT2D eigenvalue weighted by molar-refractivity contribution is 0.204. The van der Waals surface area contributed by atoms with Crippen LogP contribution >= 0.6 is 0 Å². The average molecular weight is 337 g/mol. The molecule has 1 aromatic carbocycles. The maximum atomic E-state index is 12.6. The van der Waals surface area contributed by atoms with Crippen LogP contribution in [0.25, 0.3) is 0 Å².